The number of carbonyl (C=O) groups excluding carboxylic acids is 1. The van der Waals surface area contributed by atoms with Crippen LogP contribution in [0.5, 0.6) is 0 Å². The van der Waals surface area contributed by atoms with Crippen LogP contribution in [-0.4, -0.2) is 67.1 Å². The Labute approximate surface area is 197 Å². The van der Waals surface area contributed by atoms with Gasteiger partial charge in [-0.25, -0.2) is 0 Å². The Hall–Kier alpha value is -2.88. The molecule has 0 radical (unpaired) electrons. The van der Waals surface area contributed by atoms with Crippen molar-refractivity contribution in [2.45, 2.75) is 44.8 Å². The first-order valence-corrected chi connectivity index (χ1v) is 12.2. The molecule has 6 heteroatoms. The zero-order valence-electron chi connectivity index (χ0n) is 19.6. The molecule has 4 rings (SSSR count). The number of anilines is 1. The van der Waals surface area contributed by atoms with Crippen LogP contribution in [0.4, 0.5) is 5.69 Å². The molecule has 2 aromatic rings. The van der Waals surface area contributed by atoms with Crippen molar-refractivity contribution in [3.63, 3.8) is 0 Å². The highest BCUT2D eigenvalue weighted by Crippen LogP contribution is 2.19. The molecule has 2 fully saturated rings. The third-order valence-corrected chi connectivity index (χ3v) is 7.00. The Morgan fingerprint density at radius 2 is 1.73 bits per heavy atom. The van der Waals surface area contributed by atoms with Gasteiger partial charge >= 0.3 is 0 Å². The summed E-state index contributed by atoms with van der Waals surface area (Å²) < 4.78 is 0. The molecule has 0 spiro atoms. The molecule has 2 aliphatic rings. The van der Waals surface area contributed by atoms with Gasteiger partial charge in [0.15, 0.2) is 0 Å². The second kappa shape index (κ2) is 11.3. The van der Waals surface area contributed by atoms with Crippen LogP contribution < -0.4 is 10.2 Å². The van der Waals surface area contributed by atoms with E-state index in [4.69, 9.17) is 5.26 Å². The van der Waals surface area contributed by atoms with Gasteiger partial charge in [0, 0.05) is 57.5 Å². The molecule has 0 aromatic heterocycles. The van der Waals surface area contributed by atoms with E-state index in [1.54, 1.807) is 0 Å². The number of benzene rings is 2. The van der Waals surface area contributed by atoms with Crippen molar-refractivity contribution >= 4 is 11.6 Å². The number of hydrogen-bond acceptors (Lipinski definition) is 5. The molecular weight excluding hydrogens is 410 g/mol. The maximum absolute atomic E-state index is 13.0. The monoisotopic (exact) mass is 445 g/mol. The van der Waals surface area contributed by atoms with Crippen molar-refractivity contribution in [2.75, 3.05) is 44.2 Å². The number of carbonyl (C=O) groups is 1. The molecule has 2 heterocycles. The summed E-state index contributed by atoms with van der Waals surface area (Å²) in [6, 6.07) is 20.7. The van der Waals surface area contributed by atoms with Gasteiger partial charge < -0.3 is 10.2 Å². The van der Waals surface area contributed by atoms with E-state index in [0.717, 1.165) is 70.8 Å². The number of rotatable bonds is 6. The fourth-order valence-corrected chi connectivity index (χ4v) is 4.89. The SMILES string of the molecule is CC(C(=O)NC1CCN(Cc2ccccc2)CC1)N1CCCN(c2ccc(C#N)cc2)CC1. The first-order chi connectivity index (χ1) is 16.1. The predicted molar refractivity (Wildman–Crippen MR) is 132 cm³/mol. The quantitative estimate of drug-likeness (QED) is 0.740. The molecule has 2 saturated heterocycles. The Morgan fingerprint density at radius 3 is 2.42 bits per heavy atom. The maximum Gasteiger partial charge on any atom is 0.237 e. The van der Waals surface area contributed by atoms with Gasteiger partial charge in [0.2, 0.25) is 5.91 Å². The molecule has 174 valence electrons. The highest BCUT2D eigenvalue weighted by molar-refractivity contribution is 5.81. The minimum Gasteiger partial charge on any atom is -0.370 e. The van der Waals surface area contributed by atoms with E-state index < -0.39 is 0 Å². The van der Waals surface area contributed by atoms with Crippen LogP contribution in [0.3, 0.4) is 0 Å². The van der Waals surface area contributed by atoms with Crippen LogP contribution >= 0.6 is 0 Å². The molecule has 1 N–H and O–H groups in total. The molecule has 33 heavy (non-hydrogen) atoms. The fourth-order valence-electron chi connectivity index (χ4n) is 4.89. The van der Waals surface area contributed by atoms with Gasteiger partial charge in [-0.05, 0) is 56.0 Å². The van der Waals surface area contributed by atoms with E-state index in [0.29, 0.717) is 5.56 Å². The first-order valence-electron chi connectivity index (χ1n) is 12.2. The second-order valence-electron chi connectivity index (χ2n) is 9.26. The lowest BCUT2D eigenvalue weighted by molar-refractivity contribution is -0.126. The van der Waals surface area contributed by atoms with Crippen LogP contribution in [0, 0.1) is 11.3 Å². The van der Waals surface area contributed by atoms with Gasteiger partial charge in [-0.3, -0.25) is 14.6 Å². The maximum atomic E-state index is 13.0. The van der Waals surface area contributed by atoms with E-state index >= 15 is 0 Å². The molecule has 0 aliphatic carbocycles. The van der Waals surface area contributed by atoms with E-state index in [2.05, 4.69) is 56.4 Å². The fraction of sp³-hybridized carbons (Fsp3) is 0.481. The number of likely N-dealkylation sites (tertiary alicyclic amines) is 1. The highest BCUT2D eigenvalue weighted by atomic mass is 16.2. The van der Waals surface area contributed by atoms with Gasteiger partial charge in [-0.2, -0.15) is 5.26 Å². The van der Waals surface area contributed by atoms with Crippen LogP contribution in [0.15, 0.2) is 54.6 Å². The summed E-state index contributed by atoms with van der Waals surface area (Å²) in [6.45, 7) is 8.73. The Balaban J connectivity index is 1.22. The van der Waals surface area contributed by atoms with Gasteiger partial charge in [0.25, 0.3) is 0 Å². The Bertz CT molecular complexity index is 931. The van der Waals surface area contributed by atoms with Gasteiger partial charge in [-0.1, -0.05) is 30.3 Å². The average Bonchev–Trinajstić information content (AvgIpc) is 3.12. The molecule has 1 atom stereocenters. The summed E-state index contributed by atoms with van der Waals surface area (Å²) in [5.74, 6) is 0.156. The zero-order valence-corrected chi connectivity index (χ0v) is 19.6. The van der Waals surface area contributed by atoms with E-state index in [1.165, 1.54) is 5.56 Å². The molecular formula is C27H35N5O. The first kappa shape index (κ1) is 23.3. The van der Waals surface area contributed by atoms with E-state index in [1.807, 2.05) is 31.2 Å². The molecule has 6 nitrogen and oxygen atoms in total. The lowest BCUT2D eigenvalue weighted by atomic mass is 10.0. The van der Waals surface area contributed by atoms with Gasteiger partial charge in [0.05, 0.1) is 17.7 Å². The summed E-state index contributed by atoms with van der Waals surface area (Å²) in [7, 11) is 0. The third kappa shape index (κ3) is 6.34. The minimum absolute atomic E-state index is 0.117. The minimum atomic E-state index is -0.117. The molecule has 2 aliphatic heterocycles. The number of hydrogen-bond donors (Lipinski definition) is 1. The van der Waals surface area contributed by atoms with E-state index in [9.17, 15) is 4.79 Å². The van der Waals surface area contributed by atoms with Gasteiger partial charge in [-0.15, -0.1) is 0 Å². The van der Waals surface area contributed by atoms with Crippen molar-refractivity contribution in [2.24, 2.45) is 0 Å². The topological polar surface area (TPSA) is 62.6 Å². The van der Waals surface area contributed by atoms with Gasteiger partial charge in [0.1, 0.15) is 0 Å². The number of amides is 1. The Kier molecular flexibility index (Phi) is 7.98. The van der Waals surface area contributed by atoms with Crippen molar-refractivity contribution < 1.29 is 4.79 Å². The smallest absolute Gasteiger partial charge is 0.237 e. The normalized spacial score (nSPS) is 19.5. The lowest BCUT2D eigenvalue weighted by Gasteiger charge is -2.34. The average molecular weight is 446 g/mol. The number of nitriles is 1. The van der Waals surface area contributed by atoms with Crippen LogP contribution in [-0.2, 0) is 11.3 Å². The zero-order chi connectivity index (χ0) is 23.0. The molecule has 1 amide bonds. The summed E-state index contributed by atoms with van der Waals surface area (Å²) in [5, 5.41) is 12.3. The standard InChI is InChI=1S/C27H35N5O/c1-22(31-14-5-15-32(19-18-31)26-10-8-23(20-28)9-11-26)27(33)29-25-12-16-30(17-13-25)21-24-6-3-2-4-7-24/h2-4,6-11,22,25H,5,12-19,21H2,1H3,(H,29,33). The molecule has 0 bridgehead atoms. The number of piperidine rings is 1. The summed E-state index contributed by atoms with van der Waals surface area (Å²) in [5.41, 5.74) is 3.19. The van der Waals surface area contributed by atoms with Crippen LogP contribution in [0.1, 0.15) is 37.3 Å². The van der Waals surface area contributed by atoms with Crippen LogP contribution in [0.25, 0.3) is 0 Å². The molecule has 2 aromatic carbocycles. The highest BCUT2D eigenvalue weighted by Gasteiger charge is 2.27. The molecule has 0 saturated carbocycles. The molecule has 1 unspecified atom stereocenters. The van der Waals surface area contributed by atoms with Crippen molar-refractivity contribution in [1.29, 1.82) is 5.26 Å². The summed E-state index contributed by atoms with van der Waals surface area (Å²) in [4.78, 5) is 20.2. The summed E-state index contributed by atoms with van der Waals surface area (Å²) >= 11 is 0. The Morgan fingerprint density at radius 1 is 1.00 bits per heavy atom. The van der Waals surface area contributed by atoms with Crippen molar-refractivity contribution in [1.82, 2.24) is 15.1 Å². The largest absolute Gasteiger partial charge is 0.370 e. The summed E-state index contributed by atoms with van der Waals surface area (Å²) in [6.07, 6.45) is 3.05. The predicted octanol–water partition coefficient (Wildman–Crippen LogP) is 3.24. The number of nitrogens with zero attached hydrogens (tertiary/aromatic N) is 4. The number of nitrogens with one attached hydrogen (secondary N) is 1. The third-order valence-electron chi connectivity index (χ3n) is 7.00. The van der Waals surface area contributed by atoms with Crippen molar-refractivity contribution in [3.05, 3.63) is 65.7 Å². The second-order valence-corrected chi connectivity index (χ2v) is 9.26. The van der Waals surface area contributed by atoms with Crippen molar-refractivity contribution in [3.8, 4) is 6.07 Å². The van der Waals surface area contributed by atoms with E-state index in [-0.39, 0.29) is 18.0 Å². The van der Waals surface area contributed by atoms with Crippen LogP contribution in [0.2, 0.25) is 0 Å². The lowest BCUT2D eigenvalue weighted by Crippen LogP contribution is -2.51.